The smallest absolute Gasteiger partial charge is 0.198 e. The molecular weight excluding hydrogens is 240 g/mol. The quantitative estimate of drug-likeness (QED) is 0.647. The summed E-state index contributed by atoms with van der Waals surface area (Å²) >= 11 is 0. The fourth-order valence-corrected chi connectivity index (χ4v) is 9.50. The van der Waals surface area contributed by atoms with Crippen LogP contribution in [0.5, 0.6) is 0 Å². The van der Waals surface area contributed by atoms with Gasteiger partial charge in [0, 0.05) is 0 Å². The number of hydrogen-bond acceptors (Lipinski definition) is 1. The highest BCUT2D eigenvalue weighted by Crippen LogP contribution is 2.32. The van der Waals surface area contributed by atoms with Crippen LogP contribution >= 0.6 is 0 Å². The maximum absolute atomic E-state index is 6.49. The molecule has 0 aromatic rings. The highest BCUT2D eigenvalue weighted by atomic mass is 28.4. The average molecular weight is 267 g/mol. The van der Waals surface area contributed by atoms with Crippen molar-refractivity contribution in [1.29, 1.82) is 0 Å². The van der Waals surface area contributed by atoms with Gasteiger partial charge in [0.2, 0.25) is 0 Å². The second kappa shape index (κ2) is 4.86. The Morgan fingerprint density at radius 2 is 1.12 bits per heavy atom. The minimum Gasteiger partial charge on any atom is -0.449 e. The van der Waals surface area contributed by atoms with Gasteiger partial charge in [-0.25, -0.2) is 0 Å². The van der Waals surface area contributed by atoms with Crippen molar-refractivity contribution in [2.45, 2.75) is 51.9 Å². The van der Waals surface area contributed by atoms with E-state index in [4.69, 9.17) is 4.12 Å². The van der Waals surface area contributed by atoms with E-state index in [2.05, 4.69) is 49.7 Å². The van der Waals surface area contributed by atoms with Crippen LogP contribution in [0.3, 0.4) is 0 Å². The van der Waals surface area contributed by atoms with Crippen LogP contribution in [0.1, 0.15) is 25.7 Å². The van der Waals surface area contributed by atoms with Crippen molar-refractivity contribution in [3.8, 4) is 0 Å². The lowest BCUT2D eigenvalue weighted by Gasteiger charge is -2.29. The molecule has 2 rings (SSSR count). The van der Waals surface area contributed by atoms with Crippen LogP contribution in [-0.4, -0.2) is 16.6 Å². The molecule has 0 radical (unpaired) electrons. The molecule has 0 bridgehead atoms. The third-order valence-corrected chi connectivity index (χ3v) is 9.51. The zero-order valence-corrected chi connectivity index (χ0v) is 13.7. The molecular formula is C14H26OSi2. The maximum Gasteiger partial charge on any atom is 0.198 e. The minimum atomic E-state index is -1.58. The predicted octanol–water partition coefficient (Wildman–Crippen LogP) is 4.42. The molecule has 0 atom stereocenters. The standard InChI is InChI=1S/C14H26OSi2/c1-16(2,11-9-13-5-6-13)15-17(3,4)12-10-14-7-8-14/h9-14H,5-8H2,1-4H3/b11-9+,12-10+. The maximum atomic E-state index is 6.49. The van der Waals surface area contributed by atoms with E-state index in [0.717, 1.165) is 11.8 Å². The Kier molecular flexibility index (Phi) is 3.81. The molecule has 0 heterocycles. The van der Waals surface area contributed by atoms with Crippen LogP contribution in [0.2, 0.25) is 26.2 Å². The lowest BCUT2D eigenvalue weighted by Crippen LogP contribution is -2.42. The second-order valence-electron chi connectivity index (χ2n) is 6.70. The Balaban J connectivity index is 1.87. The Morgan fingerprint density at radius 1 is 0.765 bits per heavy atom. The summed E-state index contributed by atoms with van der Waals surface area (Å²) in [5.74, 6) is 1.74. The average Bonchev–Trinajstić information content (AvgIpc) is 3.05. The molecule has 2 aliphatic rings. The van der Waals surface area contributed by atoms with Crippen molar-refractivity contribution in [3.63, 3.8) is 0 Å². The molecule has 1 nitrogen and oxygen atoms in total. The largest absolute Gasteiger partial charge is 0.449 e. The van der Waals surface area contributed by atoms with Crippen LogP contribution in [0.25, 0.3) is 0 Å². The molecule has 0 unspecified atom stereocenters. The summed E-state index contributed by atoms with van der Waals surface area (Å²) in [5, 5.41) is 0. The Bertz CT molecular complexity index is 291. The lowest BCUT2D eigenvalue weighted by atomic mass is 10.4. The van der Waals surface area contributed by atoms with E-state index in [9.17, 15) is 0 Å². The predicted molar refractivity (Wildman–Crippen MR) is 79.8 cm³/mol. The first-order valence-corrected chi connectivity index (χ1v) is 12.9. The molecule has 0 aliphatic heterocycles. The number of allylic oxidation sites excluding steroid dienone is 2. The van der Waals surface area contributed by atoms with Gasteiger partial charge in [-0.3, -0.25) is 0 Å². The first kappa shape index (κ1) is 13.3. The molecule has 0 spiro atoms. The molecule has 0 saturated heterocycles. The molecule has 2 saturated carbocycles. The van der Waals surface area contributed by atoms with Crippen molar-refractivity contribution < 1.29 is 4.12 Å². The van der Waals surface area contributed by atoms with E-state index in [-0.39, 0.29) is 0 Å². The van der Waals surface area contributed by atoms with Gasteiger partial charge in [-0.15, -0.1) is 0 Å². The normalized spacial score (nSPS) is 22.8. The highest BCUT2D eigenvalue weighted by Gasteiger charge is 2.31. The SMILES string of the molecule is C[Si](C)(/C=C/C1CC1)O[Si](C)(C)/C=C/C1CC1. The Hall–Kier alpha value is -0.126. The molecule has 0 amide bonds. The van der Waals surface area contributed by atoms with Crippen LogP contribution in [0.4, 0.5) is 0 Å². The number of hydrogen-bond donors (Lipinski definition) is 0. The van der Waals surface area contributed by atoms with Gasteiger partial charge in [-0.1, -0.05) is 23.6 Å². The molecule has 0 N–H and O–H groups in total. The fourth-order valence-electron chi connectivity index (χ4n) is 2.06. The van der Waals surface area contributed by atoms with Gasteiger partial charge in [-0.2, -0.15) is 0 Å². The first-order chi connectivity index (χ1) is 7.86. The van der Waals surface area contributed by atoms with E-state index < -0.39 is 16.6 Å². The van der Waals surface area contributed by atoms with Crippen LogP contribution in [0, 0.1) is 11.8 Å². The van der Waals surface area contributed by atoms with Gasteiger partial charge in [0.05, 0.1) is 0 Å². The lowest BCUT2D eigenvalue weighted by molar-refractivity contribution is 0.570. The van der Waals surface area contributed by atoms with Gasteiger partial charge in [-0.05, 0) is 63.7 Å². The van der Waals surface area contributed by atoms with E-state index in [1.54, 1.807) is 0 Å². The van der Waals surface area contributed by atoms with E-state index in [1.165, 1.54) is 25.7 Å². The first-order valence-electron chi connectivity index (χ1n) is 6.95. The van der Waals surface area contributed by atoms with Gasteiger partial charge < -0.3 is 4.12 Å². The van der Waals surface area contributed by atoms with Gasteiger partial charge in [0.15, 0.2) is 16.6 Å². The molecule has 2 aliphatic carbocycles. The van der Waals surface area contributed by atoms with E-state index in [0.29, 0.717) is 0 Å². The zero-order chi connectivity index (χ0) is 12.5. The Morgan fingerprint density at radius 3 is 1.41 bits per heavy atom. The molecule has 96 valence electrons. The van der Waals surface area contributed by atoms with Gasteiger partial charge in [0.25, 0.3) is 0 Å². The fraction of sp³-hybridized carbons (Fsp3) is 0.714. The summed E-state index contributed by atoms with van der Waals surface area (Å²) in [5.41, 5.74) is 4.81. The number of rotatable bonds is 6. The monoisotopic (exact) mass is 266 g/mol. The van der Waals surface area contributed by atoms with Crippen molar-refractivity contribution in [3.05, 3.63) is 23.6 Å². The second-order valence-corrected chi connectivity index (χ2v) is 14.6. The topological polar surface area (TPSA) is 9.23 Å². The van der Waals surface area contributed by atoms with Crippen LogP contribution in [-0.2, 0) is 4.12 Å². The summed E-state index contributed by atoms with van der Waals surface area (Å²) in [7, 11) is -3.17. The summed E-state index contributed by atoms with van der Waals surface area (Å²) in [6, 6.07) is 0. The van der Waals surface area contributed by atoms with Crippen LogP contribution in [0.15, 0.2) is 23.6 Å². The zero-order valence-electron chi connectivity index (χ0n) is 11.7. The van der Waals surface area contributed by atoms with E-state index in [1.807, 2.05) is 0 Å². The molecule has 0 aromatic heterocycles. The summed E-state index contributed by atoms with van der Waals surface area (Å²) in [6.45, 7) is 9.30. The summed E-state index contributed by atoms with van der Waals surface area (Å²) < 4.78 is 6.49. The molecule has 3 heteroatoms. The van der Waals surface area contributed by atoms with Crippen molar-refractivity contribution in [1.82, 2.24) is 0 Å². The highest BCUT2D eigenvalue weighted by molar-refractivity contribution is 6.89. The van der Waals surface area contributed by atoms with E-state index >= 15 is 0 Å². The van der Waals surface area contributed by atoms with Crippen molar-refractivity contribution in [2.75, 3.05) is 0 Å². The molecule has 0 aromatic carbocycles. The third-order valence-electron chi connectivity index (χ3n) is 3.31. The van der Waals surface area contributed by atoms with Gasteiger partial charge >= 0.3 is 0 Å². The molecule has 2 fully saturated rings. The van der Waals surface area contributed by atoms with Crippen LogP contribution < -0.4 is 0 Å². The van der Waals surface area contributed by atoms with Gasteiger partial charge in [0.1, 0.15) is 0 Å². The minimum absolute atomic E-state index is 0.872. The third kappa shape index (κ3) is 5.36. The molecule has 17 heavy (non-hydrogen) atoms. The van der Waals surface area contributed by atoms with Crippen molar-refractivity contribution >= 4 is 16.6 Å². The summed E-state index contributed by atoms with van der Waals surface area (Å²) in [6.07, 6.45) is 10.4. The Labute approximate surface area is 108 Å². The summed E-state index contributed by atoms with van der Waals surface area (Å²) in [4.78, 5) is 0. The van der Waals surface area contributed by atoms with Crippen molar-refractivity contribution in [2.24, 2.45) is 11.8 Å².